The number of cyclic esters (lactones) is 8. The van der Waals surface area contributed by atoms with Gasteiger partial charge in [-0.2, -0.15) is 0 Å². The zero-order chi connectivity index (χ0) is 22.2. The molecule has 4 aliphatic heterocycles. The Morgan fingerprint density at radius 1 is 0.452 bits per heavy atom. The highest BCUT2D eigenvalue weighted by Crippen LogP contribution is 2.51. The van der Waals surface area contributed by atoms with Crippen molar-refractivity contribution in [3.63, 3.8) is 0 Å². The molecule has 162 valence electrons. The van der Waals surface area contributed by atoms with Crippen LogP contribution in [0.25, 0.3) is 0 Å². The molecule has 0 bridgehead atoms. The first kappa shape index (κ1) is 19.5. The summed E-state index contributed by atoms with van der Waals surface area (Å²) >= 11 is 0. The minimum absolute atomic E-state index is 0.0138. The number of hydrogen-bond acceptors (Lipinski definition) is 12. The smallest absolute Gasteiger partial charge is 0.318 e. The molecule has 8 unspecified atom stereocenters. The minimum Gasteiger partial charge on any atom is -0.393 e. The van der Waals surface area contributed by atoms with Crippen LogP contribution in [0.2, 0.25) is 0 Å². The van der Waals surface area contributed by atoms with Crippen LogP contribution >= 0.6 is 0 Å². The Hall–Kier alpha value is -3.44. The van der Waals surface area contributed by atoms with Crippen molar-refractivity contribution in [3.05, 3.63) is 0 Å². The van der Waals surface area contributed by atoms with Crippen LogP contribution in [-0.2, 0) is 57.3 Å². The third-order valence-electron chi connectivity index (χ3n) is 6.93. The van der Waals surface area contributed by atoms with Crippen LogP contribution in [0.15, 0.2) is 0 Å². The van der Waals surface area contributed by atoms with Gasteiger partial charge in [0.25, 0.3) is 0 Å². The number of rotatable bonds is 0. The van der Waals surface area contributed by atoms with E-state index >= 15 is 0 Å². The summed E-state index contributed by atoms with van der Waals surface area (Å²) in [5.41, 5.74) is 0. The Balaban J connectivity index is 0.000000132. The van der Waals surface area contributed by atoms with E-state index in [1.807, 2.05) is 0 Å². The van der Waals surface area contributed by atoms with Crippen molar-refractivity contribution in [3.8, 4) is 0 Å². The summed E-state index contributed by atoms with van der Waals surface area (Å²) < 4.78 is 17.8. The molecule has 2 saturated carbocycles. The highest BCUT2D eigenvalue weighted by molar-refractivity contribution is 6.05. The fourth-order valence-electron chi connectivity index (χ4n) is 5.59. The number of ether oxygens (including phenoxy) is 4. The first-order valence-corrected chi connectivity index (χ1v) is 9.68. The molecule has 0 aromatic carbocycles. The maximum Gasteiger partial charge on any atom is 0.318 e. The van der Waals surface area contributed by atoms with Gasteiger partial charge in [-0.1, -0.05) is 0 Å². The molecule has 6 aliphatic rings. The van der Waals surface area contributed by atoms with Gasteiger partial charge in [-0.05, 0) is 18.8 Å². The fraction of sp³-hybridized carbons (Fsp3) is 0.579. The summed E-state index contributed by atoms with van der Waals surface area (Å²) in [6, 6.07) is 0. The Kier molecular flexibility index (Phi) is 4.11. The van der Waals surface area contributed by atoms with E-state index in [1.165, 1.54) is 0 Å². The average molecular weight is 434 g/mol. The monoisotopic (exact) mass is 434 g/mol. The van der Waals surface area contributed by atoms with Crippen molar-refractivity contribution >= 4 is 47.8 Å². The summed E-state index contributed by atoms with van der Waals surface area (Å²) in [5.74, 6) is -10.1. The molecule has 0 N–H and O–H groups in total. The number of carbonyl (C=O) groups excluding carboxylic acids is 8. The molecule has 8 atom stereocenters. The molecule has 6 fully saturated rings. The van der Waals surface area contributed by atoms with E-state index in [2.05, 4.69) is 18.9 Å². The molecule has 6 rings (SSSR count). The molecule has 0 amide bonds. The van der Waals surface area contributed by atoms with Crippen molar-refractivity contribution in [1.82, 2.24) is 0 Å². The van der Waals surface area contributed by atoms with E-state index in [9.17, 15) is 38.4 Å². The largest absolute Gasteiger partial charge is 0.393 e. The van der Waals surface area contributed by atoms with Gasteiger partial charge in [0.2, 0.25) is 0 Å². The fourth-order valence-corrected chi connectivity index (χ4v) is 5.59. The summed E-state index contributed by atoms with van der Waals surface area (Å²) in [7, 11) is 0. The van der Waals surface area contributed by atoms with Crippen LogP contribution in [0.4, 0.5) is 0 Å². The predicted octanol–water partition coefficient (Wildman–Crippen LogP) is -1.57. The van der Waals surface area contributed by atoms with Crippen LogP contribution in [-0.4, -0.2) is 47.8 Å². The average Bonchev–Trinajstić information content (AvgIpc) is 3.43. The van der Waals surface area contributed by atoms with E-state index in [0.717, 1.165) is 0 Å². The summed E-state index contributed by atoms with van der Waals surface area (Å²) in [6.07, 6.45) is 0.455. The molecule has 0 aromatic rings. The van der Waals surface area contributed by atoms with Crippen LogP contribution in [0, 0.1) is 47.3 Å². The number of carbonyl (C=O) groups is 8. The Morgan fingerprint density at radius 3 is 1.35 bits per heavy atom. The second-order valence-corrected chi connectivity index (χ2v) is 8.36. The van der Waals surface area contributed by atoms with Crippen molar-refractivity contribution in [2.45, 2.75) is 19.3 Å². The molecule has 12 heteroatoms. The number of fused-ring (bicyclic) bond motifs is 6. The number of hydrogen-bond donors (Lipinski definition) is 0. The lowest BCUT2D eigenvalue weighted by Gasteiger charge is -2.24. The molecule has 2 aliphatic carbocycles. The predicted molar refractivity (Wildman–Crippen MR) is 86.2 cm³/mol. The van der Waals surface area contributed by atoms with E-state index in [4.69, 9.17) is 0 Å². The second kappa shape index (κ2) is 6.53. The van der Waals surface area contributed by atoms with Gasteiger partial charge in [-0.3, -0.25) is 38.4 Å². The van der Waals surface area contributed by atoms with E-state index in [0.29, 0.717) is 0 Å². The molecule has 0 aromatic heterocycles. The first-order valence-electron chi connectivity index (χ1n) is 9.68. The standard InChI is InChI=1S/C10H8O6.C9H6O6/c11-6-2-3-4(8(12)15-6)1-5-7(3)10(14)16-9(5)13;10-6-2-1-3-5(4(2)8(12)14-6)9(13)15-7(3)11/h3-5,7H,1-2H2;2-5H,1H2. The SMILES string of the molecule is O=C1CC2C(CC3C(=O)OC(=O)C32)C(=O)O1.O=C1OC(=O)C2C1CC1C(=O)OC(=O)C12. The third kappa shape index (κ3) is 2.73. The Morgan fingerprint density at radius 2 is 0.839 bits per heavy atom. The van der Waals surface area contributed by atoms with Crippen LogP contribution in [0.1, 0.15) is 19.3 Å². The normalized spacial score (nSPS) is 42.1. The van der Waals surface area contributed by atoms with Crippen molar-refractivity contribution < 1.29 is 57.3 Å². The zero-order valence-electron chi connectivity index (χ0n) is 15.6. The molecule has 4 saturated heterocycles. The maximum atomic E-state index is 11.4. The van der Waals surface area contributed by atoms with Gasteiger partial charge in [-0.25, -0.2) is 0 Å². The topological polar surface area (TPSA) is 173 Å². The Bertz CT molecular complexity index is 950. The summed E-state index contributed by atoms with van der Waals surface area (Å²) in [4.78, 5) is 90.3. The lowest BCUT2D eigenvalue weighted by Crippen LogP contribution is -2.36. The van der Waals surface area contributed by atoms with Gasteiger partial charge in [0.15, 0.2) is 0 Å². The third-order valence-corrected chi connectivity index (χ3v) is 6.93. The number of esters is 8. The van der Waals surface area contributed by atoms with Gasteiger partial charge >= 0.3 is 47.8 Å². The maximum absolute atomic E-state index is 11.4. The minimum atomic E-state index is -0.804. The Labute approximate surface area is 172 Å². The van der Waals surface area contributed by atoms with Gasteiger partial charge < -0.3 is 18.9 Å². The van der Waals surface area contributed by atoms with Crippen LogP contribution < -0.4 is 0 Å². The second-order valence-electron chi connectivity index (χ2n) is 8.36. The summed E-state index contributed by atoms with van der Waals surface area (Å²) in [6.45, 7) is 0. The molecule has 4 heterocycles. The highest BCUT2D eigenvalue weighted by atomic mass is 16.6. The van der Waals surface area contributed by atoms with Gasteiger partial charge in [0.1, 0.15) is 0 Å². The van der Waals surface area contributed by atoms with Crippen LogP contribution in [0.3, 0.4) is 0 Å². The molecule has 0 radical (unpaired) electrons. The van der Waals surface area contributed by atoms with Crippen molar-refractivity contribution in [2.75, 3.05) is 0 Å². The van der Waals surface area contributed by atoms with Crippen molar-refractivity contribution in [2.24, 2.45) is 47.3 Å². The van der Waals surface area contributed by atoms with E-state index in [-0.39, 0.29) is 19.3 Å². The van der Waals surface area contributed by atoms with E-state index < -0.39 is 95.1 Å². The lowest BCUT2D eigenvalue weighted by atomic mass is 9.84. The quantitative estimate of drug-likeness (QED) is 0.244. The van der Waals surface area contributed by atoms with Crippen LogP contribution in [0.5, 0.6) is 0 Å². The molecular formula is C19H14O12. The lowest BCUT2D eigenvalue weighted by molar-refractivity contribution is -0.171. The van der Waals surface area contributed by atoms with Crippen molar-refractivity contribution in [1.29, 1.82) is 0 Å². The molecule has 12 nitrogen and oxygen atoms in total. The van der Waals surface area contributed by atoms with Gasteiger partial charge in [-0.15, -0.1) is 0 Å². The highest BCUT2D eigenvalue weighted by Gasteiger charge is 2.65. The van der Waals surface area contributed by atoms with Gasteiger partial charge in [0, 0.05) is 0 Å². The first-order chi connectivity index (χ1) is 14.7. The van der Waals surface area contributed by atoms with Gasteiger partial charge in [0.05, 0.1) is 47.8 Å². The molecular weight excluding hydrogens is 420 g/mol. The zero-order valence-corrected chi connectivity index (χ0v) is 15.6. The molecule has 31 heavy (non-hydrogen) atoms. The van der Waals surface area contributed by atoms with E-state index in [1.54, 1.807) is 0 Å². The summed E-state index contributed by atoms with van der Waals surface area (Å²) in [5, 5.41) is 0. The molecule has 0 spiro atoms.